The zero-order chi connectivity index (χ0) is 32.3. The highest BCUT2D eigenvalue weighted by atomic mass is 16.2. The number of likely N-dealkylation sites (tertiary alicyclic amines) is 1. The molecule has 0 aromatic heterocycles. The van der Waals surface area contributed by atoms with E-state index < -0.39 is 47.1 Å². The average molecular weight is 622 g/mol. The van der Waals surface area contributed by atoms with Crippen LogP contribution in [0.15, 0.2) is 30.3 Å². The Balaban J connectivity index is 1.41. The zero-order valence-electron chi connectivity index (χ0n) is 26.6. The molecule has 0 unspecified atom stereocenters. The molecule has 2 saturated carbocycles. The highest BCUT2D eigenvalue weighted by Gasteiger charge is 2.46. The predicted octanol–water partition coefficient (Wildman–Crippen LogP) is 1.95. The highest BCUT2D eigenvalue weighted by Crippen LogP contribution is 2.35. The van der Waals surface area contributed by atoms with E-state index in [-0.39, 0.29) is 48.6 Å². The molecule has 4 fully saturated rings. The van der Waals surface area contributed by atoms with Crippen molar-refractivity contribution in [3.05, 3.63) is 35.9 Å². The molecule has 2 saturated heterocycles. The fraction of sp³-hybridized carbons (Fsp3) is 0.647. The van der Waals surface area contributed by atoms with Crippen LogP contribution in [0.4, 0.5) is 0 Å². The number of hydrogen-bond donors (Lipinski definition) is 4. The lowest BCUT2D eigenvalue weighted by atomic mass is 9.91. The van der Waals surface area contributed by atoms with Crippen LogP contribution in [0.5, 0.6) is 0 Å². The van der Waals surface area contributed by atoms with Crippen molar-refractivity contribution in [3.8, 4) is 0 Å². The first-order chi connectivity index (χ1) is 21.4. The maximum absolute atomic E-state index is 14.4. The third-order valence-electron chi connectivity index (χ3n) is 9.72. The van der Waals surface area contributed by atoms with Gasteiger partial charge in [0.2, 0.25) is 29.4 Å². The Labute approximate surface area is 265 Å². The Bertz CT molecular complexity index is 1300. The predicted molar refractivity (Wildman–Crippen MR) is 166 cm³/mol. The lowest BCUT2D eigenvalue weighted by molar-refractivity contribution is -0.145. The van der Waals surface area contributed by atoms with Gasteiger partial charge in [0.05, 0.1) is 6.04 Å². The van der Waals surface area contributed by atoms with E-state index in [0.717, 1.165) is 44.1 Å². The molecule has 244 valence electrons. The van der Waals surface area contributed by atoms with Crippen LogP contribution >= 0.6 is 0 Å². The monoisotopic (exact) mass is 621 g/mol. The molecule has 45 heavy (non-hydrogen) atoms. The van der Waals surface area contributed by atoms with Gasteiger partial charge in [-0.15, -0.1) is 0 Å². The number of carbonyl (C=O) groups excluding carboxylic acids is 6. The summed E-state index contributed by atoms with van der Waals surface area (Å²) < 4.78 is 0. The summed E-state index contributed by atoms with van der Waals surface area (Å²) in [5, 5.41) is 11.3. The molecule has 5 atom stereocenters. The number of nitrogens with zero attached hydrogens (tertiary/aromatic N) is 1. The van der Waals surface area contributed by atoms with Crippen molar-refractivity contribution in [1.82, 2.24) is 26.2 Å². The Kier molecular flexibility index (Phi) is 9.94. The summed E-state index contributed by atoms with van der Waals surface area (Å²) in [5.74, 6) is -3.51. The fourth-order valence-corrected chi connectivity index (χ4v) is 6.80. The first kappa shape index (κ1) is 32.6. The number of Topliss-reactive ketones (excluding diaryl/α,β-unsaturated/α-hetero) is 1. The Morgan fingerprint density at radius 3 is 2.24 bits per heavy atom. The molecule has 2 aliphatic heterocycles. The summed E-state index contributed by atoms with van der Waals surface area (Å²) in [6.45, 7) is 6.16. The Morgan fingerprint density at radius 1 is 0.956 bits per heavy atom. The van der Waals surface area contributed by atoms with Crippen LogP contribution in [-0.2, 0) is 28.8 Å². The SMILES string of the molecule is CC(C)(C)C(=O)N[C@H](C(=O)N1C[C@H](c2ccccc2)C[C@H]1C(=O)N[C@@H](C[C@@H]1CCNC1=O)C(=O)C(=O)NC1CC1)C1CCCC1. The second-order valence-electron chi connectivity index (χ2n) is 14.3. The molecular formula is C34H47N5O6. The van der Waals surface area contributed by atoms with Crippen molar-refractivity contribution in [2.24, 2.45) is 17.3 Å². The molecule has 5 amide bonds. The van der Waals surface area contributed by atoms with Gasteiger partial charge < -0.3 is 26.2 Å². The third-order valence-corrected chi connectivity index (χ3v) is 9.72. The van der Waals surface area contributed by atoms with Crippen molar-refractivity contribution in [1.29, 1.82) is 0 Å². The number of ketones is 1. The molecule has 4 aliphatic rings. The molecule has 11 nitrogen and oxygen atoms in total. The van der Waals surface area contributed by atoms with Gasteiger partial charge in [0.15, 0.2) is 0 Å². The van der Waals surface area contributed by atoms with Crippen molar-refractivity contribution < 1.29 is 28.8 Å². The van der Waals surface area contributed by atoms with E-state index in [9.17, 15) is 28.8 Å². The first-order valence-electron chi connectivity index (χ1n) is 16.5. The molecule has 1 aromatic rings. The van der Waals surface area contributed by atoms with E-state index in [4.69, 9.17) is 0 Å². The normalized spacial score (nSPS) is 24.9. The fourth-order valence-electron chi connectivity index (χ4n) is 6.80. The van der Waals surface area contributed by atoms with E-state index in [1.807, 2.05) is 30.3 Å². The topological polar surface area (TPSA) is 154 Å². The summed E-state index contributed by atoms with van der Waals surface area (Å²) in [6.07, 6.45) is 5.99. The molecule has 5 rings (SSSR count). The van der Waals surface area contributed by atoms with E-state index >= 15 is 0 Å². The number of rotatable bonds is 11. The lowest BCUT2D eigenvalue weighted by Gasteiger charge is -2.33. The van der Waals surface area contributed by atoms with Crippen molar-refractivity contribution in [2.75, 3.05) is 13.1 Å². The molecule has 11 heteroatoms. The van der Waals surface area contributed by atoms with Crippen molar-refractivity contribution in [2.45, 2.75) is 109 Å². The van der Waals surface area contributed by atoms with E-state index in [2.05, 4.69) is 21.3 Å². The highest BCUT2D eigenvalue weighted by molar-refractivity contribution is 6.38. The average Bonchev–Trinajstić information content (AvgIpc) is 3.37. The van der Waals surface area contributed by atoms with Crippen LogP contribution in [0.2, 0.25) is 0 Å². The van der Waals surface area contributed by atoms with E-state index in [0.29, 0.717) is 19.4 Å². The number of carbonyl (C=O) groups is 6. The van der Waals surface area contributed by atoms with Crippen LogP contribution in [0.3, 0.4) is 0 Å². The summed E-state index contributed by atoms with van der Waals surface area (Å²) >= 11 is 0. The van der Waals surface area contributed by atoms with Crippen LogP contribution in [0.25, 0.3) is 0 Å². The second kappa shape index (κ2) is 13.7. The van der Waals surface area contributed by atoms with Crippen LogP contribution in [0, 0.1) is 17.3 Å². The molecule has 0 spiro atoms. The van der Waals surface area contributed by atoms with Gasteiger partial charge in [0, 0.05) is 36.4 Å². The van der Waals surface area contributed by atoms with Gasteiger partial charge in [0.1, 0.15) is 12.1 Å². The lowest BCUT2D eigenvalue weighted by Crippen LogP contribution is -2.58. The van der Waals surface area contributed by atoms with Crippen LogP contribution in [-0.4, -0.2) is 77.5 Å². The summed E-state index contributed by atoms with van der Waals surface area (Å²) in [6, 6.07) is 6.74. The second-order valence-corrected chi connectivity index (χ2v) is 14.3. The zero-order valence-corrected chi connectivity index (χ0v) is 26.6. The van der Waals surface area contributed by atoms with Gasteiger partial charge in [0.25, 0.3) is 5.91 Å². The molecule has 0 bridgehead atoms. The Hall–Kier alpha value is -3.76. The minimum atomic E-state index is -1.20. The maximum Gasteiger partial charge on any atom is 0.289 e. The smallest absolute Gasteiger partial charge is 0.289 e. The van der Waals surface area contributed by atoms with Crippen molar-refractivity contribution in [3.63, 3.8) is 0 Å². The standard InChI is InChI=1S/C34H47N5O6/c1-34(2,3)33(45)38-27(21-11-7-8-12-21)32(44)39-19-23(20-9-5-4-6-10-20)18-26(39)30(42)37-25(17-22-15-16-35-29(22)41)28(40)31(43)36-24-13-14-24/h4-6,9-10,21-27H,7-8,11-19H2,1-3H3,(H,35,41)(H,36,43)(H,37,42)(H,38,45)/t22-,23+,25-,26-,27-/m0/s1. The Morgan fingerprint density at radius 2 is 1.64 bits per heavy atom. The van der Waals surface area contributed by atoms with Gasteiger partial charge in [-0.05, 0) is 56.4 Å². The van der Waals surface area contributed by atoms with E-state index in [1.54, 1.807) is 25.7 Å². The van der Waals surface area contributed by atoms with Gasteiger partial charge in [-0.1, -0.05) is 63.9 Å². The summed E-state index contributed by atoms with van der Waals surface area (Å²) in [4.78, 5) is 81.8. The van der Waals surface area contributed by atoms with Gasteiger partial charge in [-0.25, -0.2) is 0 Å². The number of nitrogens with one attached hydrogen (secondary N) is 4. The van der Waals surface area contributed by atoms with Crippen molar-refractivity contribution >= 4 is 35.3 Å². The molecule has 4 N–H and O–H groups in total. The molecule has 2 heterocycles. The van der Waals surface area contributed by atoms with Gasteiger partial charge in [-0.2, -0.15) is 0 Å². The third kappa shape index (κ3) is 7.91. The van der Waals surface area contributed by atoms with E-state index in [1.165, 1.54) is 0 Å². The molecule has 0 radical (unpaired) electrons. The molecule has 1 aromatic carbocycles. The van der Waals surface area contributed by atoms with Crippen LogP contribution in [0.1, 0.15) is 90.0 Å². The van der Waals surface area contributed by atoms with Crippen LogP contribution < -0.4 is 21.3 Å². The van der Waals surface area contributed by atoms with Gasteiger partial charge in [-0.3, -0.25) is 28.8 Å². The largest absolute Gasteiger partial charge is 0.356 e. The minimum Gasteiger partial charge on any atom is -0.356 e. The molecular weight excluding hydrogens is 574 g/mol. The minimum absolute atomic E-state index is 0.00358. The maximum atomic E-state index is 14.4. The summed E-state index contributed by atoms with van der Waals surface area (Å²) in [7, 11) is 0. The quantitative estimate of drug-likeness (QED) is 0.277. The first-order valence-corrected chi connectivity index (χ1v) is 16.5. The number of hydrogen-bond acceptors (Lipinski definition) is 6. The number of amides is 5. The molecule has 2 aliphatic carbocycles. The number of benzene rings is 1. The summed E-state index contributed by atoms with van der Waals surface area (Å²) in [5.41, 5.74) is 0.285. The van der Waals surface area contributed by atoms with Gasteiger partial charge >= 0.3 is 0 Å².